The van der Waals surface area contributed by atoms with Crippen LogP contribution in [-0.2, 0) is 9.53 Å². The molecule has 0 amide bonds. The summed E-state index contributed by atoms with van der Waals surface area (Å²) in [7, 11) is 0. The molecular weight excluding hydrogens is 244 g/mol. The molecule has 0 saturated carbocycles. The van der Waals surface area contributed by atoms with Crippen molar-refractivity contribution in [1.29, 1.82) is 0 Å². The third-order valence-corrected chi connectivity index (χ3v) is 3.15. The molecule has 0 bridgehead atoms. The van der Waals surface area contributed by atoms with Crippen LogP contribution < -0.4 is 0 Å². The van der Waals surface area contributed by atoms with Gasteiger partial charge >= 0.3 is 5.97 Å². The number of ether oxygens (including phenoxy) is 1. The average Bonchev–Trinajstić information content (AvgIpc) is 2.93. The van der Waals surface area contributed by atoms with Crippen molar-refractivity contribution < 1.29 is 14.3 Å². The second-order valence-electron chi connectivity index (χ2n) is 4.69. The van der Waals surface area contributed by atoms with E-state index in [0.717, 1.165) is 25.7 Å². The van der Waals surface area contributed by atoms with Crippen LogP contribution in [0.3, 0.4) is 0 Å². The Bertz CT molecular complexity index is 387. The van der Waals surface area contributed by atoms with Crippen molar-refractivity contribution in [3.8, 4) is 0 Å². The fourth-order valence-corrected chi connectivity index (χ4v) is 1.80. The first kappa shape index (κ1) is 15.4. The molecule has 106 valence electrons. The standard InChI is InChI=1S/C14H22N2O3/c1-3-5-6-11(4-2)10-19-14(18)7-13(17)12-8-15-16-9-12/h8-9,11H,3-7,10H2,1-2H3,(H,15,16). The Hall–Kier alpha value is -1.65. The quantitative estimate of drug-likeness (QED) is 0.424. The van der Waals surface area contributed by atoms with Crippen LogP contribution in [0.5, 0.6) is 0 Å². The molecule has 1 N–H and O–H groups in total. The summed E-state index contributed by atoms with van der Waals surface area (Å²) in [5, 5.41) is 6.22. The molecule has 0 aliphatic heterocycles. The van der Waals surface area contributed by atoms with Gasteiger partial charge in [0.2, 0.25) is 0 Å². The van der Waals surface area contributed by atoms with E-state index in [4.69, 9.17) is 4.74 Å². The summed E-state index contributed by atoms with van der Waals surface area (Å²) in [4.78, 5) is 23.2. The van der Waals surface area contributed by atoms with Gasteiger partial charge in [-0.05, 0) is 12.3 Å². The SMILES string of the molecule is CCCCC(CC)COC(=O)CC(=O)c1cn[nH]c1. The molecule has 5 heteroatoms. The van der Waals surface area contributed by atoms with Gasteiger partial charge in [0.25, 0.3) is 0 Å². The van der Waals surface area contributed by atoms with E-state index in [-0.39, 0.29) is 12.2 Å². The molecule has 0 spiro atoms. The van der Waals surface area contributed by atoms with Crippen molar-refractivity contribution in [2.24, 2.45) is 5.92 Å². The van der Waals surface area contributed by atoms with Gasteiger partial charge in [-0.3, -0.25) is 14.7 Å². The summed E-state index contributed by atoms with van der Waals surface area (Å²) in [5.41, 5.74) is 0.412. The van der Waals surface area contributed by atoms with E-state index in [9.17, 15) is 9.59 Å². The van der Waals surface area contributed by atoms with Crippen LogP contribution >= 0.6 is 0 Å². The average molecular weight is 266 g/mol. The Kier molecular flexibility index (Phi) is 6.85. The van der Waals surface area contributed by atoms with Crippen LogP contribution in [0, 0.1) is 5.92 Å². The Morgan fingerprint density at radius 2 is 2.21 bits per heavy atom. The van der Waals surface area contributed by atoms with Gasteiger partial charge in [-0.25, -0.2) is 0 Å². The van der Waals surface area contributed by atoms with E-state index in [1.807, 2.05) is 0 Å². The maximum atomic E-state index is 11.6. The third-order valence-electron chi connectivity index (χ3n) is 3.15. The molecule has 1 aromatic heterocycles. The van der Waals surface area contributed by atoms with Crippen LogP contribution in [0.25, 0.3) is 0 Å². The number of aromatic amines is 1. The Morgan fingerprint density at radius 1 is 1.42 bits per heavy atom. The topological polar surface area (TPSA) is 72.1 Å². The zero-order chi connectivity index (χ0) is 14.1. The fraction of sp³-hybridized carbons (Fsp3) is 0.643. The number of aromatic nitrogens is 2. The lowest BCUT2D eigenvalue weighted by Gasteiger charge is -2.14. The van der Waals surface area contributed by atoms with E-state index in [1.54, 1.807) is 0 Å². The summed E-state index contributed by atoms with van der Waals surface area (Å²) in [6.45, 7) is 4.64. The molecule has 0 aromatic carbocycles. The summed E-state index contributed by atoms with van der Waals surface area (Å²) in [6, 6.07) is 0. The second-order valence-corrected chi connectivity index (χ2v) is 4.69. The Balaban J connectivity index is 2.29. The molecule has 1 heterocycles. The van der Waals surface area contributed by atoms with E-state index in [0.29, 0.717) is 18.1 Å². The van der Waals surface area contributed by atoms with E-state index in [1.165, 1.54) is 12.4 Å². The number of carbonyl (C=O) groups excluding carboxylic acids is 2. The zero-order valence-electron chi connectivity index (χ0n) is 11.6. The predicted octanol–water partition coefficient (Wildman–Crippen LogP) is 2.74. The largest absolute Gasteiger partial charge is 0.465 e. The molecule has 0 fully saturated rings. The van der Waals surface area contributed by atoms with Crippen molar-refractivity contribution in [1.82, 2.24) is 10.2 Å². The molecule has 5 nitrogen and oxygen atoms in total. The van der Waals surface area contributed by atoms with Crippen LogP contribution in [0.4, 0.5) is 0 Å². The van der Waals surface area contributed by atoms with Crippen LogP contribution in [0.1, 0.15) is 56.3 Å². The van der Waals surface area contributed by atoms with Gasteiger partial charge in [0.15, 0.2) is 5.78 Å². The summed E-state index contributed by atoms with van der Waals surface area (Å²) in [6.07, 6.45) is 7.01. The van der Waals surface area contributed by atoms with E-state index in [2.05, 4.69) is 24.0 Å². The van der Waals surface area contributed by atoms with Gasteiger partial charge in [-0.15, -0.1) is 0 Å². The smallest absolute Gasteiger partial charge is 0.313 e. The van der Waals surface area contributed by atoms with Gasteiger partial charge in [0.05, 0.1) is 18.4 Å². The first-order valence-electron chi connectivity index (χ1n) is 6.84. The maximum Gasteiger partial charge on any atom is 0.313 e. The highest BCUT2D eigenvalue weighted by atomic mass is 16.5. The van der Waals surface area contributed by atoms with Gasteiger partial charge in [0.1, 0.15) is 6.42 Å². The highest BCUT2D eigenvalue weighted by Crippen LogP contribution is 2.13. The number of hydrogen-bond acceptors (Lipinski definition) is 4. The van der Waals surface area contributed by atoms with Crippen molar-refractivity contribution >= 4 is 11.8 Å². The number of carbonyl (C=O) groups is 2. The van der Waals surface area contributed by atoms with Crippen LogP contribution in [-0.4, -0.2) is 28.6 Å². The lowest BCUT2D eigenvalue weighted by Crippen LogP contribution is -2.16. The summed E-state index contributed by atoms with van der Waals surface area (Å²) in [5.74, 6) is -0.325. The van der Waals surface area contributed by atoms with Crippen molar-refractivity contribution in [2.75, 3.05) is 6.61 Å². The first-order chi connectivity index (χ1) is 9.17. The molecule has 1 unspecified atom stereocenters. The van der Waals surface area contributed by atoms with Crippen molar-refractivity contribution in [3.63, 3.8) is 0 Å². The van der Waals surface area contributed by atoms with Crippen LogP contribution in [0.2, 0.25) is 0 Å². The van der Waals surface area contributed by atoms with Crippen LogP contribution in [0.15, 0.2) is 12.4 Å². The van der Waals surface area contributed by atoms with Gasteiger partial charge in [0, 0.05) is 6.20 Å². The number of ketones is 1. The molecule has 0 saturated heterocycles. The number of nitrogens with one attached hydrogen (secondary N) is 1. The highest BCUT2D eigenvalue weighted by Gasteiger charge is 2.15. The zero-order valence-corrected chi connectivity index (χ0v) is 11.6. The summed E-state index contributed by atoms with van der Waals surface area (Å²) < 4.78 is 5.17. The number of nitrogens with zero attached hydrogens (tertiary/aromatic N) is 1. The number of hydrogen-bond donors (Lipinski definition) is 1. The minimum atomic E-state index is -0.457. The van der Waals surface area contributed by atoms with Gasteiger partial charge < -0.3 is 4.74 Å². The highest BCUT2D eigenvalue weighted by molar-refractivity contribution is 6.05. The van der Waals surface area contributed by atoms with Crippen molar-refractivity contribution in [2.45, 2.75) is 46.0 Å². The Morgan fingerprint density at radius 3 is 2.79 bits per heavy atom. The molecule has 0 aliphatic carbocycles. The Labute approximate surface area is 113 Å². The normalized spacial score (nSPS) is 12.1. The van der Waals surface area contributed by atoms with E-state index >= 15 is 0 Å². The lowest BCUT2D eigenvalue weighted by molar-refractivity contribution is -0.144. The minimum absolute atomic E-state index is 0.219. The predicted molar refractivity (Wildman–Crippen MR) is 71.8 cm³/mol. The van der Waals surface area contributed by atoms with Crippen molar-refractivity contribution in [3.05, 3.63) is 18.0 Å². The molecular formula is C14H22N2O3. The number of unbranched alkanes of at least 4 members (excludes halogenated alkanes) is 1. The number of rotatable bonds is 9. The number of Topliss-reactive ketones (excluding diaryl/α,β-unsaturated/α-hetero) is 1. The summed E-state index contributed by atoms with van der Waals surface area (Å²) >= 11 is 0. The maximum absolute atomic E-state index is 11.6. The lowest BCUT2D eigenvalue weighted by atomic mass is 10.0. The molecule has 1 atom stereocenters. The second kappa shape index (κ2) is 8.45. The van der Waals surface area contributed by atoms with E-state index < -0.39 is 5.97 Å². The first-order valence-corrected chi connectivity index (χ1v) is 6.84. The monoisotopic (exact) mass is 266 g/mol. The third kappa shape index (κ3) is 5.68. The fourth-order valence-electron chi connectivity index (χ4n) is 1.80. The van der Waals surface area contributed by atoms with Gasteiger partial charge in [-0.1, -0.05) is 33.1 Å². The minimum Gasteiger partial charge on any atom is -0.465 e. The molecule has 0 aliphatic rings. The number of H-pyrrole nitrogens is 1. The number of esters is 1. The van der Waals surface area contributed by atoms with Gasteiger partial charge in [-0.2, -0.15) is 5.10 Å². The molecule has 1 aromatic rings. The molecule has 0 radical (unpaired) electrons. The molecule has 1 rings (SSSR count). The molecule has 19 heavy (non-hydrogen) atoms.